The maximum Gasteiger partial charge on any atom is 0.261 e. The highest BCUT2D eigenvalue weighted by Crippen LogP contribution is 2.50. The van der Waals surface area contributed by atoms with Crippen LogP contribution in [0, 0.1) is 0 Å². The van der Waals surface area contributed by atoms with E-state index >= 15 is 0 Å². The van der Waals surface area contributed by atoms with E-state index in [0.717, 1.165) is 67.1 Å². The first-order valence-electron chi connectivity index (χ1n) is 16.7. The predicted octanol–water partition coefficient (Wildman–Crippen LogP) is 8.67. The summed E-state index contributed by atoms with van der Waals surface area (Å²) in [6, 6.07) is 28.2. The highest BCUT2D eigenvalue weighted by atomic mass is 32.1. The fourth-order valence-corrected chi connectivity index (χ4v) is 12.1. The molecule has 9 rings (SSSR count). The third-order valence-corrected chi connectivity index (χ3v) is 14.6. The normalized spacial score (nSPS) is 17.2. The molecule has 2 aromatic carbocycles. The number of likely N-dealkylation sites (N-methyl/N-ethyl adjacent to an activating group) is 3. The fraction of sp³-hybridized carbons (Fsp3) is 0.122. The van der Waals surface area contributed by atoms with Crippen molar-refractivity contribution in [1.29, 1.82) is 0 Å². The van der Waals surface area contributed by atoms with Gasteiger partial charge in [-0.3, -0.25) is 19.2 Å². The molecule has 0 radical (unpaired) electrons. The number of hydrogen-bond acceptors (Lipinski definition) is 8. The van der Waals surface area contributed by atoms with Crippen LogP contribution < -0.4 is 0 Å². The molecule has 0 atom stereocenters. The van der Waals surface area contributed by atoms with Gasteiger partial charge in [0.25, 0.3) is 17.7 Å². The third-order valence-electron chi connectivity index (χ3n) is 10.0. The van der Waals surface area contributed by atoms with Crippen molar-refractivity contribution in [2.24, 2.45) is 0 Å². The molecule has 0 fully saturated rings. The van der Waals surface area contributed by atoms with Crippen molar-refractivity contribution in [2.75, 3.05) is 28.2 Å². The lowest BCUT2D eigenvalue weighted by Gasteiger charge is -2.18. The Morgan fingerprint density at radius 3 is 1.64 bits per heavy atom. The van der Waals surface area contributed by atoms with Crippen molar-refractivity contribution in [3.8, 4) is 9.75 Å². The van der Waals surface area contributed by atoms with Gasteiger partial charge >= 0.3 is 0 Å². The van der Waals surface area contributed by atoms with Crippen molar-refractivity contribution >= 4 is 112 Å². The minimum Gasteiger partial charge on any atom is -0.316 e. The molecule has 0 N–H and O–H groups in total. The predicted molar refractivity (Wildman–Crippen MR) is 217 cm³/mol. The van der Waals surface area contributed by atoms with Crippen LogP contribution in [-0.2, 0) is 19.2 Å². The molecular weight excluding hydrogens is 741 g/mol. The first kappa shape index (κ1) is 33.4. The van der Waals surface area contributed by atoms with E-state index in [-0.39, 0.29) is 17.7 Å². The third kappa shape index (κ3) is 4.97. The summed E-state index contributed by atoms with van der Waals surface area (Å²) in [7, 11) is 6.93. The first-order chi connectivity index (χ1) is 25.6. The molecular formula is C41H30N4O4S4. The van der Waals surface area contributed by atoms with Crippen LogP contribution in [0.5, 0.6) is 0 Å². The standard InChI is InChI=1S/C41H30N4O4S4/c1-21-32(36(42(2)20-46)30-18-22-10-6-8-12-24(22)50-30)39(47)43(3)35(21)28-16-14-26(52-28)27-15-17-29(53-27)37-33-34(41(49)44(37)4)38(45(5)40(33)48)31-19-23-11-7-9-13-25(23)51-31/h6-20H,1-5H3/b36-32+. The lowest BCUT2D eigenvalue weighted by Crippen LogP contribution is -2.24. The Labute approximate surface area is 321 Å². The first-order valence-corrected chi connectivity index (χ1v) is 20.0. The maximum atomic E-state index is 14.0. The second-order valence-electron chi connectivity index (χ2n) is 13.1. The number of rotatable bonds is 7. The van der Waals surface area contributed by atoms with Crippen LogP contribution in [0.3, 0.4) is 0 Å². The van der Waals surface area contributed by atoms with E-state index in [1.165, 1.54) is 16.2 Å². The van der Waals surface area contributed by atoms with Crippen LogP contribution in [0.1, 0.15) is 26.4 Å². The van der Waals surface area contributed by atoms with Crippen molar-refractivity contribution in [2.45, 2.75) is 6.92 Å². The van der Waals surface area contributed by atoms with E-state index in [1.54, 1.807) is 76.9 Å². The van der Waals surface area contributed by atoms with E-state index in [2.05, 4.69) is 6.07 Å². The van der Waals surface area contributed by atoms with Crippen LogP contribution in [0.25, 0.3) is 52.7 Å². The van der Waals surface area contributed by atoms with Gasteiger partial charge in [-0.2, -0.15) is 0 Å². The van der Waals surface area contributed by atoms with Gasteiger partial charge in [-0.1, -0.05) is 36.4 Å². The van der Waals surface area contributed by atoms with Gasteiger partial charge < -0.3 is 19.6 Å². The van der Waals surface area contributed by atoms with Crippen molar-refractivity contribution in [1.82, 2.24) is 19.6 Å². The van der Waals surface area contributed by atoms with Gasteiger partial charge in [0.05, 0.1) is 59.0 Å². The average Bonchev–Trinajstić information content (AvgIpc) is 4.02. The molecule has 6 aromatic rings. The molecule has 8 nitrogen and oxygen atoms in total. The lowest BCUT2D eigenvalue weighted by atomic mass is 10.0. The van der Waals surface area contributed by atoms with Crippen LogP contribution >= 0.6 is 45.3 Å². The topological polar surface area (TPSA) is 81.2 Å². The number of thiophene rings is 4. The summed E-state index contributed by atoms with van der Waals surface area (Å²) in [5.41, 5.74) is 4.85. The zero-order valence-corrected chi connectivity index (χ0v) is 32.5. The van der Waals surface area contributed by atoms with E-state index < -0.39 is 0 Å². The van der Waals surface area contributed by atoms with Gasteiger partial charge in [-0.05, 0) is 71.8 Å². The minimum absolute atomic E-state index is 0.167. The Hall–Kier alpha value is -5.40. The molecule has 0 unspecified atom stereocenters. The Kier molecular flexibility index (Phi) is 7.79. The average molecular weight is 771 g/mol. The molecule has 0 spiro atoms. The van der Waals surface area contributed by atoms with Gasteiger partial charge in [0, 0.05) is 47.3 Å². The monoisotopic (exact) mass is 770 g/mol. The molecule has 4 amide bonds. The van der Waals surface area contributed by atoms with Crippen LogP contribution in [0.4, 0.5) is 0 Å². The second-order valence-corrected chi connectivity index (χ2v) is 17.4. The Morgan fingerprint density at radius 2 is 1.08 bits per heavy atom. The molecule has 0 aliphatic carbocycles. The second kappa shape index (κ2) is 12.3. The minimum atomic E-state index is -0.191. The number of hydrogen-bond donors (Lipinski definition) is 0. The fourth-order valence-electron chi connectivity index (χ4n) is 7.45. The quantitative estimate of drug-likeness (QED) is 0.120. The Morgan fingerprint density at radius 1 is 0.585 bits per heavy atom. The van der Waals surface area contributed by atoms with E-state index in [4.69, 9.17) is 0 Å². The molecule has 262 valence electrons. The molecule has 53 heavy (non-hydrogen) atoms. The Bertz CT molecular complexity index is 2690. The highest BCUT2D eigenvalue weighted by molar-refractivity contribution is 7.23. The summed E-state index contributed by atoms with van der Waals surface area (Å²) < 4.78 is 2.18. The summed E-state index contributed by atoms with van der Waals surface area (Å²) in [6.07, 6.45) is 0.745. The maximum absolute atomic E-state index is 14.0. The van der Waals surface area contributed by atoms with Crippen LogP contribution in [-0.4, -0.2) is 71.9 Å². The summed E-state index contributed by atoms with van der Waals surface area (Å²) >= 11 is 6.24. The summed E-state index contributed by atoms with van der Waals surface area (Å²) in [6.45, 7) is 1.94. The van der Waals surface area contributed by atoms with Gasteiger partial charge in [-0.15, -0.1) is 45.3 Å². The van der Waals surface area contributed by atoms with E-state index in [9.17, 15) is 19.2 Å². The number of fused-ring (bicyclic) bond motifs is 3. The van der Waals surface area contributed by atoms with Gasteiger partial charge in [0.15, 0.2) is 0 Å². The van der Waals surface area contributed by atoms with Gasteiger partial charge in [0.1, 0.15) is 0 Å². The summed E-state index contributed by atoms with van der Waals surface area (Å²) in [5, 5.41) is 2.13. The molecule has 0 saturated carbocycles. The SMILES string of the molecule is CC1=C(c2ccc(-c3ccc(C4=C5C(=O)N(C)C(c6cc7ccccc7s6)=C5C(=O)N4C)s3)s2)N(C)C(=O)/C1=C(\c1cc2ccccc2s1)N(C)C=O. The summed E-state index contributed by atoms with van der Waals surface area (Å²) in [5.74, 6) is -0.549. The smallest absolute Gasteiger partial charge is 0.261 e. The number of benzene rings is 2. The van der Waals surface area contributed by atoms with Crippen LogP contribution in [0.15, 0.2) is 107 Å². The Balaban J connectivity index is 1.10. The zero-order chi connectivity index (χ0) is 36.9. The van der Waals surface area contributed by atoms with Crippen molar-refractivity contribution < 1.29 is 19.2 Å². The molecule has 4 aromatic heterocycles. The molecule has 7 heterocycles. The molecule has 12 heteroatoms. The lowest BCUT2D eigenvalue weighted by molar-refractivity contribution is -0.123. The van der Waals surface area contributed by atoms with Crippen LogP contribution in [0.2, 0.25) is 0 Å². The molecule has 0 saturated heterocycles. The molecule has 3 aliphatic heterocycles. The zero-order valence-electron chi connectivity index (χ0n) is 29.2. The van der Waals surface area contributed by atoms with Crippen molar-refractivity contribution in [3.63, 3.8) is 0 Å². The molecule has 0 bridgehead atoms. The van der Waals surface area contributed by atoms with Crippen molar-refractivity contribution in [3.05, 3.63) is 127 Å². The largest absolute Gasteiger partial charge is 0.316 e. The van der Waals surface area contributed by atoms with Gasteiger partial charge in [-0.25, -0.2) is 0 Å². The highest BCUT2D eigenvalue weighted by Gasteiger charge is 2.47. The van der Waals surface area contributed by atoms with Gasteiger partial charge in [0.2, 0.25) is 6.41 Å². The molecule has 3 aliphatic rings. The number of nitrogens with zero attached hydrogens (tertiary/aromatic N) is 4. The van der Waals surface area contributed by atoms with E-state index in [0.29, 0.717) is 33.8 Å². The number of carbonyl (C=O) groups excluding carboxylic acids is 4. The van der Waals surface area contributed by atoms with E-state index in [1.807, 2.05) is 85.8 Å². The summed E-state index contributed by atoms with van der Waals surface area (Å²) in [4.78, 5) is 65.6. The number of carbonyl (C=O) groups is 4. The number of amides is 4.